The summed E-state index contributed by atoms with van der Waals surface area (Å²) >= 11 is 0. The van der Waals surface area contributed by atoms with Gasteiger partial charge in [-0.25, -0.2) is 18.8 Å². The number of rotatable bonds is 2. The summed E-state index contributed by atoms with van der Waals surface area (Å²) in [5, 5.41) is 0. The minimum Gasteiger partial charge on any atom is -0.281 e. The summed E-state index contributed by atoms with van der Waals surface area (Å²) in [6, 6.07) is 8.75. The van der Waals surface area contributed by atoms with Crippen molar-refractivity contribution in [3.8, 4) is 22.5 Å². The minimum atomic E-state index is -5.84. The third-order valence-electron chi connectivity index (χ3n) is 4.91. The minimum absolute atomic E-state index is 0.0775. The summed E-state index contributed by atoms with van der Waals surface area (Å²) in [5.74, 6) is -3.29. The zero-order valence-corrected chi connectivity index (χ0v) is 15.5. The quantitative estimate of drug-likeness (QED) is 0.439. The largest absolute Gasteiger partial charge is 0.430 e. The summed E-state index contributed by atoms with van der Waals surface area (Å²) in [7, 11) is 0. The second-order valence-corrected chi connectivity index (χ2v) is 6.85. The van der Waals surface area contributed by atoms with Crippen molar-refractivity contribution in [2.24, 2.45) is 4.99 Å². The number of hydrogen-bond donors (Lipinski definition) is 0. The van der Waals surface area contributed by atoms with Crippen molar-refractivity contribution in [1.29, 1.82) is 0 Å². The number of fused-ring (bicyclic) bond motifs is 1. The summed E-state index contributed by atoms with van der Waals surface area (Å²) in [4.78, 5) is 6.69. The Kier molecular flexibility index (Phi) is 4.49. The lowest BCUT2D eigenvalue weighted by Crippen LogP contribution is -2.52. The summed E-state index contributed by atoms with van der Waals surface area (Å²) in [6.07, 6.45) is -11.7. The molecule has 31 heavy (non-hydrogen) atoms. The molecule has 1 aliphatic heterocycles. The first kappa shape index (κ1) is 21.0. The highest BCUT2D eigenvalue weighted by molar-refractivity contribution is 5.94. The fraction of sp³-hybridized carbons (Fsp3) is 0.200. The maximum absolute atomic E-state index is 13.8. The van der Waals surface area contributed by atoms with E-state index in [2.05, 4.69) is 9.98 Å². The van der Waals surface area contributed by atoms with Crippen LogP contribution in [-0.2, 0) is 5.54 Å². The Morgan fingerprint density at radius 1 is 0.742 bits per heavy atom. The van der Waals surface area contributed by atoms with Gasteiger partial charge in [-0.2, -0.15) is 26.3 Å². The average Bonchev–Trinajstić information content (AvgIpc) is 3.19. The van der Waals surface area contributed by atoms with Gasteiger partial charge in [-0.3, -0.25) is 4.57 Å². The van der Waals surface area contributed by atoms with Crippen LogP contribution in [0.2, 0.25) is 0 Å². The van der Waals surface area contributed by atoms with Crippen LogP contribution in [-0.4, -0.2) is 27.7 Å². The van der Waals surface area contributed by atoms with E-state index in [1.165, 1.54) is 24.3 Å². The number of aromatic nitrogens is 2. The Labute approximate surface area is 169 Å². The molecule has 4 rings (SSSR count). The van der Waals surface area contributed by atoms with E-state index in [-0.39, 0.29) is 22.5 Å². The molecule has 0 N–H and O–H groups in total. The van der Waals surface area contributed by atoms with Gasteiger partial charge in [0.25, 0.3) is 0 Å². The van der Waals surface area contributed by atoms with Gasteiger partial charge in [-0.05, 0) is 55.5 Å². The Morgan fingerprint density at radius 3 is 1.65 bits per heavy atom. The van der Waals surface area contributed by atoms with E-state index in [1.807, 2.05) is 0 Å². The maximum Gasteiger partial charge on any atom is 0.430 e. The highest BCUT2D eigenvalue weighted by Gasteiger charge is 2.76. The zero-order valence-electron chi connectivity index (χ0n) is 15.5. The summed E-state index contributed by atoms with van der Waals surface area (Å²) in [6.45, 7) is 0.992. The molecule has 1 aliphatic rings. The molecule has 2 heterocycles. The lowest BCUT2D eigenvalue weighted by atomic mass is 9.98. The van der Waals surface area contributed by atoms with Crippen molar-refractivity contribution >= 4 is 5.84 Å². The van der Waals surface area contributed by atoms with Crippen LogP contribution >= 0.6 is 0 Å². The van der Waals surface area contributed by atoms with Gasteiger partial charge in [0.05, 0.1) is 11.4 Å². The Morgan fingerprint density at radius 2 is 1.19 bits per heavy atom. The molecule has 0 amide bonds. The summed E-state index contributed by atoms with van der Waals surface area (Å²) < 4.78 is 110. The Balaban J connectivity index is 2.11. The van der Waals surface area contributed by atoms with Gasteiger partial charge in [-0.15, -0.1) is 0 Å². The van der Waals surface area contributed by atoms with Gasteiger partial charge in [0.1, 0.15) is 17.5 Å². The molecule has 0 atom stereocenters. The molecular weight excluding hydrogens is 434 g/mol. The fourth-order valence-corrected chi connectivity index (χ4v) is 3.54. The van der Waals surface area contributed by atoms with Crippen LogP contribution in [0, 0.1) is 11.6 Å². The molecule has 0 spiro atoms. The average molecular weight is 445 g/mol. The van der Waals surface area contributed by atoms with Crippen LogP contribution in [0.1, 0.15) is 12.7 Å². The van der Waals surface area contributed by atoms with Crippen LogP contribution in [0.5, 0.6) is 0 Å². The van der Waals surface area contributed by atoms with E-state index in [9.17, 15) is 35.1 Å². The van der Waals surface area contributed by atoms with E-state index in [1.54, 1.807) is 0 Å². The molecule has 2 aromatic carbocycles. The second-order valence-electron chi connectivity index (χ2n) is 6.85. The van der Waals surface area contributed by atoms with Crippen LogP contribution in [0.25, 0.3) is 22.5 Å². The van der Waals surface area contributed by atoms with E-state index in [0.717, 1.165) is 31.2 Å². The molecule has 1 aromatic heterocycles. The van der Waals surface area contributed by atoms with Gasteiger partial charge in [0.15, 0.2) is 5.82 Å². The fourth-order valence-electron chi connectivity index (χ4n) is 3.54. The number of aliphatic imine (C=N–C) groups is 1. The molecule has 0 radical (unpaired) electrons. The van der Waals surface area contributed by atoms with E-state index < -0.39 is 41.2 Å². The Hall–Kier alpha value is -3.24. The molecule has 11 heteroatoms. The standard InChI is InChI=1S/C20H11F8N3/c1-10-30-18(19(23,24)25,20(26,27)28)17-29-15(11-2-6-13(21)7-3-11)16(31(10)17)12-4-8-14(22)9-5-12/h2-9H,1H3. The number of nitrogens with zero attached hydrogens (tertiary/aromatic N) is 3. The first-order valence-electron chi connectivity index (χ1n) is 8.72. The van der Waals surface area contributed by atoms with E-state index >= 15 is 0 Å². The predicted octanol–water partition coefficient (Wildman–Crippen LogP) is 6.10. The van der Waals surface area contributed by atoms with Gasteiger partial charge in [0, 0.05) is 11.1 Å². The molecule has 3 aromatic rings. The monoisotopic (exact) mass is 445 g/mol. The number of halogens is 8. The molecule has 3 nitrogen and oxygen atoms in total. The number of alkyl halides is 6. The number of imidazole rings is 1. The van der Waals surface area contributed by atoms with Crippen molar-refractivity contribution in [2.45, 2.75) is 24.8 Å². The molecule has 0 fully saturated rings. The lowest BCUT2D eigenvalue weighted by Gasteiger charge is -2.29. The van der Waals surface area contributed by atoms with Crippen LogP contribution < -0.4 is 0 Å². The van der Waals surface area contributed by atoms with E-state index in [4.69, 9.17) is 0 Å². The molecule has 0 unspecified atom stereocenters. The van der Waals surface area contributed by atoms with Crippen molar-refractivity contribution < 1.29 is 35.1 Å². The maximum atomic E-state index is 13.8. The second kappa shape index (κ2) is 6.63. The van der Waals surface area contributed by atoms with Crippen LogP contribution in [0.4, 0.5) is 35.1 Å². The van der Waals surface area contributed by atoms with Crippen LogP contribution in [0.15, 0.2) is 53.5 Å². The van der Waals surface area contributed by atoms with Gasteiger partial charge >= 0.3 is 17.9 Å². The molecule has 0 saturated heterocycles. The molecule has 162 valence electrons. The first-order valence-corrected chi connectivity index (χ1v) is 8.72. The van der Waals surface area contributed by atoms with Crippen molar-refractivity contribution in [1.82, 2.24) is 9.55 Å². The van der Waals surface area contributed by atoms with Crippen molar-refractivity contribution in [2.75, 3.05) is 0 Å². The number of benzene rings is 2. The van der Waals surface area contributed by atoms with Crippen molar-refractivity contribution in [3.05, 3.63) is 66.0 Å². The highest BCUT2D eigenvalue weighted by Crippen LogP contribution is 2.56. The molecule has 0 bridgehead atoms. The first-order chi connectivity index (χ1) is 14.4. The van der Waals surface area contributed by atoms with Gasteiger partial charge in [-0.1, -0.05) is 0 Å². The SMILES string of the molecule is CC1=NC(C(F)(F)F)(C(F)(F)F)c2nc(-c3ccc(F)cc3)c(-c3ccc(F)cc3)n21. The molecular formula is C20H11F8N3. The van der Waals surface area contributed by atoms with E-state index in [0.29, 0.717) is 4.57 Å². The predicted molar refractivity (Wildman–Crippen MR) is 95.3 cm³/mol. The normalized spacial score (nSPS) is 15.7. The third kappa shape index (κ3) is 3.02. The number of hydrogen-bond acceptors (Lipinski definition) is 2. The summed E-state index contributed by atoms with van der Waals surface area (Å²) in [5.41, 5.74) is -4.80. The third-order valence-corrected chi connectivity index (χ3v) is 4.91. The van der Waals surface area contributed by atoms with Crippen molar-refractivity contribution in [3.63, 3.8) is 0 Å². The van der Waals surface area contributed by atoms with Gasteiger partial charge < -0.3 is 0 Å². The molecule has 0 aliphatic carbocycles. The zero-order chi connectivity index (χ0) is 22.8. The highest BCUT2D eigenvalue weighted by atomic mass is 19.4. The van der Waals surface area contributed by atoms with Crippen LogP contribution in [0.3, 0.4) is 0 Å². The molecule has 0 saturated carbocycles. The topological polar surface area (TPSA) is 30.2 Å². The van der Waals surface area contributed by atoms with Gasteiger partial charge in [0.2, 0.25) is 0 Å². The lowest BCUT2D eigenvalue weighted by molar-refractivity contribution is -0.301. The Bertz CT molecular complexity index is 1160. The smallest absolute Gasteiger partial charge is 0.281 e.